The van der Waals surface area contributed by atoms with Crippen molar-refractivity contribution in [3.05, 3.63) is 76.9 Å². The summed E-state index contributed by atoms with van der Waals surface area (Å²) in [5, 5.41) is 0. The summed E-state index contributed by atoms with van der Waals surface area (Å²) in [6.07, 6.45) is 5.44. The quantitative estimate of drug-likeness (QED) is 0.610. The molecule has 0 spiro atoms. The Kier molecular flexibility index (Phi) is 7.53. The van der Waals surface area contributed by atoms with Gasteiger partial charge in [0.05, 0.1) is 0 Å². The van der Waals surface area contributed by atoms with Crippen LogP contribution in [0.3, 0.4) is 0 Å². The van der Waals surface area contributed by atoms with Crippen LogP contribution in [0.1, 0.15) is 55.9 Å². The molecular weight excluding hydrogens is 252 g/mol. The number of hydrogen-bond acceptors (Lipinski definition) is 0. The van der Waals surface area contributed by atoms with E-state index in [-0.39, 0.29) is 0 Å². The van der Waals surface area contributed by atoms with E-state index in [0.717, 1.165) is 6.42 Å². The van der Waals surface area contributed by atoms with Crippen LogP contribution in [0.2, 0.25) is 0 Å². The van der Waals surface area contributed by atoms with Crippen molar-refractivity contribution < 1.29 is 0 Å². The molecule has 0 unspecified atom stereocenters. The molecule has 0 aliphatic rings. The Hall–Kier alpha value is -1.82. The van der Waals surface area contributed by atoms with Crippen molar-refractivity contribution in [2.75, 3.05) is 0 Å². The molecule has 2 rings (SSSR count). The van der Waals surface area contributed by atoms with Crippen LogP contribution in [-0.2, 0) is 6.42 Å². The molecule has 0 aliphatic carbocycles. The summed E-state index contributed by atoms with van der Waals surface area (Å²) in [6, 6.07) is 17.0. The summed E-state index contributed by atoms with van der Waals surface area (Å²) >= 11 is 0. The minimum absolute atomic E-state index is 0.603. The second-order valence-electron chi connectivity index (χ2n) is 5.57. The number of rotatable bonds is 3. The Morgan fingerprint density at radius 2 is 1.62 bits per heavy atom. The predicted molar refractivity (Wildman–Crippen MR) is 95.8 cm³/mol. The topological polar surface area (TPSA) is 0 Å². The maximum absolute atomic E-state index is 2.24. The van der Waals surface area contributed by atoms with Crippen molar-refractivity contribution in [1.29, 1.82) is 0 Å². The summed E-state index contributed by atoms with van der Waals surface area (Å²) in [7, 11) is 0. The first-order valence-corrected chi connectivity index (χ1v) is 7.86. The van der Waals surface area contributed by atoms with Gasteiger partial charge in [-0.25, -0.2) is 0 Å². The van der Waals surface area contributed by atoms with E-state index in [2.05, 4.69) is 89.2 Å². The first-order valence-electron chi connectivity index (χ1n) is 7.86. The standard InChI is InChI=1S/C13H18.C8H10/c1-5-7-13-11(4)8-6-9-12(13)10(2)3;1-2-8-6-4-3-5-7-8/h5-10H,1-4H3;3-7H,2H2,1H3/b7-5-;. The summed E-state index contributed by atoms with van der Waals surface area (Å²) < 4.78 is 0. The smallest absolute Gasteiger partial charge is 0.0196 e. The third kappa shape index (κ3) is 5.59. The summed E-state index contributed by atoms with van der Waals surface area (Å²) in [4.78, 5) is 0. The summed E-state index contributed by atoms with van der Waals surface area (Å²) in [5.74, 6) is 0.603. The van der Waals surface area contributed by atoms with Gasteiger partial charge in [-0.2, -0.15) is 0 Å². The van der Waals surface area contributed by atoms with Crippen molar-refractivity contribution in [1.82, 2.24) is 0 Å². The minimum Gasteiger partial charge on any atom is -0.0870 e. The SMILES string of the molecule is C/C=C\c1c(C)cccc1C(C)C.CCc1ccccc1. The monoisotopic (exact) mass is 280 g/mol. The van der Waals surface area contributed by atoms with Crippen molar-refractivity contribution in [3.8, 4) is 0 Å². The van der Waals surface area contributed by atoms with Gasteiger partial charge in [-0.1, -0.05) is 81.5 Å². The van der Waals surface area contributed by atoms with E-state index in [9.17, 15) is 0 Å². The van der Waals surface area contributed by atoms with Crippen LogP contribution in [-0.4, -0.2) is 0 Å². The van der Waals surface area contributed by atoms with Crippen LogP contribution in [0.5, 0.6) is 0 Å². The maximum atomic E-state index is 2.24. The third-order valence-electron chi connectivity index (χ3n) is 3.56. The van der Waals surface area contributed by atoms with E-state index in [1.54, 1.807) is 0 Å². The van der Waals surface area contributed by atoms with Gasteiger partial charge in [-0.15, -0.1) is 0 Å². The highest BCUT2D eigenvalue weighted by Crippen LogP contribution is 2.23. The molecule has 0 fully saturated rings. The van der Waals surface area contributed by atoms with Gasteiger partial charge in [0.25, 0.3) is 0 Å². The molecule has 0 aliphatic heterocycles. The van der Waals surface area contributed by atoms with Crippen LogP contribution >= 0.6 is 0 Å². The second kappa shape index (κ2) is 9.18. The van der Waals surface area contributed by atoms with Crippen molar-refractivity contribution >= 4 is 6.08 Å². The van der Waals surface area contributed by atoms with Crippen LogP contribution in [0.15, 0.2) is 54.6 Å². The molecule has 0 saturated heterocycles. The zero-order valence-corrected chi connectivity index (χ0v) is 14.1. The first-order chi connectivity index (χ1) is 10.1. The molecule has 0 amide bonds. The highest BCUT2D eigenvalue weighted by Gasteiger charge is 2.05. The summed E-state index contributed by atoms with van der Waals surface area (Å²) in [5.41, 5.74) is 5.61. The van der Waals surface area contributed by atoms with Crippen molar-refractivity contribution in [2.45, 2.75) is 47.0 Å². The Balaban J connectivity index is 0.000000235. The minimum atomic E-state index is 0.603. The first kappa shape index (κ1) is 17.2. The molecule has 0 heterocycles. The number of hydrogen-bond donors (Lipinski definition) is 0. The number of allylic oxidation sites excluding steroid dienone is 1. The normalized spacial score (nSPS) is 10.6. The Morgan fingerprint density at radius 3 is 2.10 bits per heavy atom. The lowest BCUT2D eigenvalue weighted by Crippen LogP contribution is -1.93. The maximum Gasteiger partial charge on any atom is -0.0196 e. The van der Waals surface area contributed by atoms with E-state index in [0.29, 0.717) is 5.92 Å². The molecule has 112 valence electrons. The highest BCUT2D eigenvalue weighted by atomic mass is 14.1. The fourth-order valence-electron chi connectivity index (χ4n) is 2.31. The molecule has 2 aromatic rings. The fraction of sp³-hybridized carbons (Fsp3) is 0.333. The molecular formula is C21H28. The Labute approximate surface area is 130 Å². The van der Waals surface area contributed by atoms with E-state index < -0.39 is 0 Å². The van der Waals surface area contributed by atoms with E-state index in [1.165, 1.54) is 22.3 Å². The van der Waals surface area contributed by atoms with Gasteiger partial charge in [0, 0.05) is 0 Å². The molecule has 0 aromatic heterocycles. The average molecular weight is 280 g/mol. The molecule has 0 saturated carbocycles. The lowest BCUT2D eigenvalue weighted by molar-refractivity contribution is 0.862. The molecule has 0 nitrogen and oxygen atoms in total. The molecule has 0 atom stereocenters. The van der Waals surface area contributed by atoms with E-state index in [4.69, 9.17) is 0 Å². The molecule has 0 heteroatoms. The third-order valence-corrected chi connectivity index (χ3v) is 3.56. The lowest BCUT2D eigenvalue weighted by Gasteiger charge is -2.11. The van der Waals surface area contributed by atoms with Crippen LogP contribution in [0.25, 0.3) is 6.08 Å². The van der Waals surface area contributed by atoms with Crippen molar-refractivity contribution in [2.24, 2.45) is 0 Å². The van der Waals surface area contributed by atoms with Gasteiger partial charge >= 0.3 is 0 Å². The van der Waals surface area contributed by atoms with E-state index in [1.807, 2.05) is 6.07 Å². The average Bonchev–Trinajstić information content (AvgIpc) is 2.50. The molecule has 0 radical (unpaired) electrons. The Morgan fingerprint density at radius 1 is 0.952 bits per heavy atom. The summed E-state index contributed by atoms with van der Waals surface area (Å²) in [6.45, 7) is 10.9. The zero-order chi connectivity index (χ0) is 15.7. The fourth-order valence-corrected chi connectivity index (χ4v) is 2.31. The number of benzene rings is 2. The molecule has 0 bridgehead atoms. The number of aryl methyl sites for hydroxylation is 2. The molecule has 2 aromatic carbocycles. The Bertz CT molecular complexity index is 548. The van der Waals surface area contributed by atoms with Crippen LogP contribution in [0, 0.1) is 6.92 Å². The van der Waals surface area contributed by atoms with Gasteiger partial charge in [0.1, 0.15) is 0 Å². The molecule has 0 N–H and O–H groups in total. The van der Waals surface area contributed by atoms with Gasteiger partial charge < -0.3 is 0 Å². The van der Waals surface area contributed by atoms with Crippen molar-refractivity contribution in [3.63, 3.8) is 0 Å². The second-order valence-corrected chi connectivity index (χ2v) is 5.57. The highest BCUT2D eigenvalue weighted by molar-refractivity contribution is 5.58. The molecule has 21 heavy (non-hydrogen) atoms. The van der Waals surface area contributed by atoms with Gasteiger partial charge in [0.15, 0.2) is 0 Å². The lowest BCUT2D eigenvalue weighted by atomic mass is 9.94. The van der Waals surface area contributed by atoms with Crippen LogP contribution < -0.4 is 0 Å². The van der Waals surface area contributed by atoms with Gasteiger partial charge in [-0.3, -0.25) is 0 Å². The zero-order valence-electron chi connectivity index (χ0n) is 14.1. The van der Waals surface area contributed by atoms with Gasteiger partial charge in [0.2, 0.25) is 0 Å². The van der Waals surface area contributed by atoms with Crippen LogP contribution in [0.4, 0.5) is 0 Å². The largest absolute Gasteiger partial charge is 0.0870 e. The predicted octanol–water partition coefficient (Wildman–Crippen LogP) is 6.40. The van der Waals surface area contributed by atoms with E-state index >= 15 is 0 Å². The van der Waals surface area contributed by atoms with Gasteiger partial charge in [-0.05, 0) is 48.4 Å².